The summed E-state index contributed by atoms with van der Waals surface area (Å²) in [6.07, 6.45) is 0. The van der Waals surface area contributed by atoms with Crippen molar-refractivity contribution in [2.75, 3.05) is 13.7 Å². The van der Waals surface area contributed by atoms with Crippen molar-refractivity contribution in [1.82, 2.24) is 0 Å². The van der Waals surface area contributed by atoms with Gasteiger partial charge in [0.2, 0.25) is 0 Å². The van der Waals surface area contributed by atoms with E-state index >= 15 is 0 Å². The third-order valence-electron chi connectivity index (χ3n) is 1.96. The number of carbonyl (C=O) groups is 2. The highest BCUT2D eigenvalue weighted by Crippen LogP contribution is 2.23. The Morgan fingerprint density at radius 2 is 1.94 bits per heavy atom. The third-order valence-corrected chi connectivity index (χ3v) is 1.96. The van der Waals surface area contributed by atoms with Crippen LogP contribution < -0.4 is 4.74 Å². The quantitative estimate of drug-likeness (QED) is 0.459. The fourth-order valence-electron chi connectivity index (χ4n) is 1.20. The van der Waals surface area contributed by atoms with Crippen LogP contribution in [0.2, 0.25) is 0 Å². The summed E-state index contributed by atoms with van der Waals surface area (Å²) in [5.74, 6) is -5.36. The van der Waals surface area contributed by atoms with Gasteiger partial charge >= 0.3 is 5.97 Å². The molecule has 4 nitrogen and oxygen atoms in total. The van der Waals surface area contributed by atoms with Gasteiger partial charge in [-0.2, -0.15) is 0 Å². The average Bonchev–Trinajstić information content (AvgIpc) is 2.29. The molecule has 0 aliphatic carbocycles. The van der Waals surface area contributed by atoms with Crippen LogP contribution in [0, 0.1) is 11.6 Å². The second-order valence-electron chi connectivity index (χ2n) is 2.99. The van der Waals surface area contributed by atoms with Gasteiger partial charge in [0.25, 0.3) is 5.78 Å². The maximum Gasteiger partial charge on any atom is 0.379 e. The number of benzene rings is 1. The molecule has 0 spiro atoms. The largest absolute Gasteiger partial charge is 0.494 e. The van der Waals surface area contributed by atoms with Gasteiger partial charge in [-0.25, -0.2) is 13.6 Å². The lowest BCUT2D eigenvalue weighted by Gasteiger charge is -2.07. The molecule has 0 amide bonds. The Kier molecular flexibility index (Phi) is 4.14. The van der Waals surface area contributed by atoms with Crippen molar-refractivity contribution in [1.29, 1.82) is 0 Å². The summed E-state index contributed by atoms with van der Waals surface area (Å²) in [7, 11) is 1.16. The van der Waals surface area contributed by atoms with Gasteiger partial charge in [0.15, 0.2) is 11.6 Å². The van der Waals surface area contributed by atoms with E-state index in [4.69, 9.17) is 0 Å². The molecule has 0 bridgehead atoms. The van der Waals surface area contributed by atoms with Crippen molar-refractivity contribution in [2.24, 2.45) is 0 Å². The van der Waals surface area contributed by atoms with E-state index in [1.165, 1.54) is 6.92 Å². The molecule has 0 fully saturated rings. The fourth-order valence-corrected chi connectivity index (χ4v) is 1.20. The Balaban J connectivity index is 3.21. The molecule has 6 heteroatoms. The summed E-state index contributed by atoms with van der Waals surface area (Å²) in [6.45, 7) is 1.42. The summed E-state index contributed by atoms with van der Waals surface area (Å²) in [5, 5.41) is 0. The zero-order chi connectivity index (χ0) is 13.0. The number of methoxy groups -OCH3 is 1. The van der Waals surface area contributed by atoms with Crippen LogP contribution in [-0.2, 0) is 9.53 Å². The highest BCUT2D eigenvalue weighted by atomic mass is 19.1. The van der Waals surface area contributed by atoms with Gasteiger partial charge in [-0.05, 0) is 19.1 Å². The van der Waals surface area contributed by atoms with Gasteiger partial charge < -0.3 is 9.47 Å². The average molecular weight is 244 g/mol. The smallest absolute Gasteiger partial charge is 0.379 e. The van der Waals surface area contributed by atoms with E-state index in [1.807, 2.05) is 0 Å². The number of rotatable bonds is 4. The number of ketones is 1. The van der Waals surface area contributed by atoms with Crippen LogP contribution in [0.25, 0.3) is 0 Å². The number of ether oxygens (including phenoxy) is 2. The normalized spacial score (nSPS) is 9.88. The lowest BCUT2D eigenvalue weighted by atomic mass is 10.1. The van der Waals surface area contributed by atoms with Gasteiger partial charge in [-0.1, -0.05) is 0 Å². The molecule has 0 unspecified atom stereocenters. The third kappa shape index (κ3) is 2.58. The summed E-state index contributed by atoms with van der Waals surface area (Å²) in [4.78, 5) is 22.5. The van der Waals surface area contributed by atoms with Crippen LogP contribution in [0.5, 0.6) is 5.75 Å². The minimum Gasteiger partial charge on any atom is -0.494 e. The molecule has 92 valence electrons. The molecule has 0 aliphatic heterocycles. The molecule has 1 aromatic rings. The van der Waals surface area contributed by atoms with Gasteiger partial charge in [0, 0.05) is 0 Å². The van der Waals surface area contributed by atoms with Crippen molar-refractivity contribution >= 4 is 11.8 Å². The predicted molar refractivity (Wildman–Crippen MR) is 53.9 cm³/mol. The Hall–Kier alpha value is -1.98. The number of halogens is 2. The molecule has 0 heterocycles. The number of hydrogen-bond acceptors (Lipinski definition) is 4. The highest BCUT2D eigenvalue weighted by Gasteiger charge is 2.27. The van der Waals surface area contributed by atoms with Gasteiger partial charge in [-0.3, -0.25) is 4.79 Å². The Labute approximate surface area is 96.1 Å². The van der Waals surface area contributed by atoms with Crippen molar-refractivity contribution in [3.8, 4) is 5.75 Å². The molecule has 0 aliphatic rings. The second kappa shape index (κ2) is 5.38. The van der Waals surface area contributed by atoms with Crippen LogP contribution in [0.15, 0.2) is 12.1 Å². The van der Waals surface area contributed by atoms with Gasteiger partial charge in [-0.15, -0.1) is 0 Å². The molecule has 0 aromatic heterocycles. The first-order valence-corrected chi connectivity index (χ1v) is 4.76. The molecular weight excluding hydrogens is 234 g/mol. The van der Waals surface area contributed by atoms with Crippen LogP contribution >= 0.6 is 0 Å². The summed E-state index contributed by atoms with van der Waals surface area (Å²) in [6, 6.07) is 1.86. The molecule has 0 N–H and O–H groups in total. The first kappa shape index (κ1) is 13.1. The fraction of sp³-hybridized carbons (Fsp3) is 0.273. The zero-order valence-corrected chi connectivity index (χ0v) is 9.25. The van der Waals surface area contributed by atoms with Crippen LogP contribution in [-0.4, -0.2) is 25.5 Å². The minimum atomic E-state index is -1.37. The zero-order valence-electron chi connectivity index (χ0n) is 9.25. The molecule has 17 heavy (non-hydrogen) atoms. The molecule has 0 saturated carbocycles. The summed E-state index contributed by atoms with van der Waals surface area (Å²) >= 11 is 0. The summed E-state index contributed by atoms with van der Waals surface area (Å²) < 4.78 is 35.8. The number of carbonyl (C=O) groups excluding carboxylic acids is 2. The standard InChI is InChI=1S/C11H10F2O4/c1-3-17-11(15)10(14)8-6(12)4-5-7(16-2)9(8)13/h4-5H,3H2,1-2H3. The van der Waals surface area contributed by atoms with E-state index in [1.54, 1.807) is 0 Å². The van der Waals surface area contributed by atoms with Crippen LogP contribution in [0.3, 0.4) is 0 Å². The molecule has 0 saturated heterocycles. The second-order valence-corrected chi connectivity index (χ2v) is 2.99. The monoisotopic (exact) mass is 244 g/mol. The molecular formula is C11H10F2O4. The van der Waals surface area contributed by atoms with Crippen molar-refractivity contribution in [2.45, 2.75) is 6.92 Å². The SMILES string of the molecule is CCOC(=O)C(=O)c1c(F)ccc(OC)c1F. The van der Waals surface area contributed by atoms with E-state index in [9.17, 15) is 18.4 Å². The van der Waals surface area contributed by atoms with Crippen molar-refractivity contribution < 1.29 is 27.8 Å². The topological polar surface area (TPSA) is 52.6 Å². The lowest BCUT2D eigenvalue weighted by molar-refractivity contribution is -0.137. The number of hydrogen-bond donors (Lipinski definition) is 0. The predicted octanol–water partition coefficient (Wildman–Crippen LogP) is 1.72. The highest BCUT2D eigenvalue weighted by molar-refractivity contribution is 6.40. The maximum atomic E-state index is 13.6. The molecule has 0 radical (unpaired) electrons. The van der Waals surface area contributed by atoms with E-state index in [2.05, 4.69) is 9.47 Å². The minimum absolute atomic E-state index is 0.0578. The van der Waals surface area contributed by atoms with Gasteiger partial charge in [0.1, 0.15) is 11.4 Å². The van der Waals surface area contributed by atoms with Gasteiger partial charge in [0.05, 0.1) is 13.7 Å². The number of Topliss-reactive ketones (excluding diaryl/α,β-unsaturated/α-hetero) is 1. The van der Waals surface area contributed by atoms with E-state index in [0.717, 1.165) is 19.2 Å². The Bertz CT molecular complexity index is 457. The molecule has 1 rings (SSSR count). The Morgan fingerprint density at radius 3 is 2.47 bits per heavy atom. The van der Waals surface area contributed by atoms with Crippen LogP contribution in [0.4, 0.5) is 8.78 Å². The van der Waals surface area contributed by atoms with Crippen molar-refractivity contribution in [3.63, 3.8) is 0 Å². The maximum absolute atomic E-state index is 13.6. The van der Waals surface area contributed by atoms with Crippen LogP contribution in [0.1, 0.15) is 17.3 Å². The van der Waals surface area contributed by atoms with Crippen molar-refractivity contribution in [3.05, 3.63) is 29.3 Å². The molecule has 0 atom stereocenters. The Morgan fingerprint density at radius 1 is 1.29 bits per heavy atom. The lowest BCUT2D eigenvalue weighted by Crippen LogP contribution is -2.20. The molecule has 1 aromatic carbocycles. The summed E-state index contributed by atoms with van der Waals surface area (Å²) in [5.41, 5.74) is -0.970. The van der Waals surface area contributed by atoms with E-state index < -0.39 is 29.0 Å². The number of esters is 1. The van der Waals surface area contributed by atoms with E-state index in [0.29, 0.717) is 0 Å². The van der Waals surface area contributed by atoms with E-state index in [-0.39, 0.29) is 12.4 Å². The first-order valence-electron chi connectivity index (χ1n) is 4.76. The first-order chi connectivity index (χ1) is 8.02.